The summed E-state index contributed by atoms with van der Waals surface area (Å²) < 4.78 is 13.3. The third-order valence-corrected chi connectivity index (χ3v) is 8.96. The van der Waals surface area contributed by atoms with E-state index in [-0.39, 0.29) is 17.5 Å². The van der Waals surface area contributed by atoms with Crippen molar-refractivity contribution < 1.29 is 19.1 Å². The lowest BCUT2D eigenvalue weighted by Gasteiger charge is -2.44. The Kier molecular flexibility index (Phi) is 8.28. The Bertz CT molecular complexity index is 1480. The molecule has 3 aromatic rings. The van der Waals surface area contributed by atoms with Crippen LogP contribution in [-0.4, -0.2) is 23.1 Å². The zero-order valence-electron chi connectivity index (χ0n) is 23.3. The first-order chi connectivity index (χ1) is 20.0. The van der Waals surface area contributed by atoms with Gasteiger partial charge in [-0.1, -0.05) is 60.7 Å². The lowest BCUT2D eigenvalue weighted by molar-refractivity contribution is -0.117. The average molecular weight is 660 g/mol. The van der Waals surface area contributed by atoms with Crippen LogP contribution in [0.25, 0.3) is 0 Å². The van der Waals surface area contributed by atoms with Gasteiger partial charge in [-0.25, -0.2) is 0 Å². The van der Waals surface area contributed by atoms with Gasteiger partial charge in [-0.3, -0.25) is 9.59 Å². The molecule has 0 bridgehead atoms. The first-order valence-electron chi connectivity index (χ1n) is 14.5. The molecule has 0 N–H and O–H groups in total. The number of ether oxygens (including phenoxy) is 2. The van der Waals surface area contributed by atoms with Gasteiger partial charge in [0.05, 0.1) is 10.2 Å². The second kappa shape index (κ2) is 12.2. The summed E-state index contributed by atoms with van der Waals surface area (Å²) in [5.74, 6) is 1.25. The summed E-state index contributed by atoms with van der Waals surface area (Å²) in [5, 5.41) is 0. The molecule has 41 heavy (non-hydrogen) atoms. The van der Waals surface area contributed by atoms with Crippen molar-refractivity contribution in [3.8, 4) is 11.5 Å². The maximum Gasteiger partial charge on any atom is 0.174 e. The van der Waals surface area contributed by atoms with Gasteiger partial charge in [-0.05, 0) is 84.0 Å². The molecule has 0 unspecified atom stereocenters. The molecule has 0 spiro atoms. The van der Waals surface area contributed by atoms with Crippen molar-refractivity contribution in [1.29, 1.82) is 0 Å². The number of carbonyl (C=O) groups excluding carboxylic acids is 2. The summed E-state index contributed by atoms with van der Waals surface area (Å²) >= 11 is 2.30. The summed E-state index contributed by atoms with van der Waals surface area (Å²) in [6, 6.07) is 24.5. The quantitative estimate of drug-likeness (QED) is 0.231. The van der Waals surface area contributed by atoms with Crippen LogP contribution < -0.4 is 9.47 Å². The van der Waals surface area contributed by atoms with Crippen LogP contribution in [0.15, 0.2) is 95.3 Å². The zero-order chi connectivity index (χ0) is 28.3. The predicted octanol–water partition coefficient (Wildman–Crippen LogP) is 7.88. The molecule has 3 aromatic carbocycles. The van der Waals surface area contributed by atoms with Gasteiger partial charge in [0, 0.05) is 47.8 Å². The van der Waals surface area contributed by atoms with Crippen molar-refractivity contribution in [1.82, 2.24) is 4.90 Å². The van der Waals surface area contributed by atoms with Crippen molar-refractivity contribution in [3.63, 3.8) is 0 Å². The number of halogens is 1. The number of Topliss-reactive ketones (excluding diaryl/α,β-unsaturated/α-hetero) is 2. The van der Waals surface area contributed by atoms with Gasteiger partial charge in [-0.15, -0.1) is 0 Å². The highest BCUT2D eigenvalue weighted by atomic mass is 127. The SMILES string of the molecule is CCOc1cc(C2C3=C(CCCC3=O)N(Cc3ccccc3)C3=C2C(=O)CCC3)cc(I)c1OCc1ccccc1. The summed E-state index contributed by atoms with van der Waals surface area (Å²) in [5.41, 5.74) is 6.92. The fourth-order valence-corrected chi connectivity index (χ4v) is 7.18. The molecule has 0 atom stereocenters. The molecule has 0 saturated carbocycles. The number of allylic oxidation sites excluding steroid dienone is 4. The van der Waals surface area contributed by atoms with Gasteiger partial charge in [-0.2, -0.15) is 0 Å². The number of hydrogen-bond acceptors (Lipinski definition) is 5. The molecule has 6 heteroatoms. The number of rotatable bonds is 8. The van der Waals surface area contributed by atoms with E-state index in [2.05, 4.69) is 45.7 Å². The Morgan fingerprint density at radius 3 is 1.95 bits per heavy atom. The third-order valence-electron chi connectivity index (χ3n) is 8.16. The number of nitrogens with zero attached hydrogens (tertiary/aromatic N) is 1. The van der Waals surface area contributed by atoms with Crippen LogP contribution in [0.5, 0.6) is 11.5 Å². The van der Waals surface area contributed by atoms with Crippen molar-refractivity contribution in [2.24, 2.45) is 0 Å². The molecule has 0 aromatic heterocycles. The van der Waals surface area contributed by atoms with Crippen LogP contribution in [0, 0.1) is 3.57 Å². The van der Waals surface area contributed by atoms with Crippen LogP contribution in [0.2, 0.25) is 0 Å². The minimum absolute atomic E-state index is 0.150. The Morgan fingerprint density at radius 2 is 1.37 bits per heavy atom. The normalized spacial score (nSPS) is 17.5. The maximum absolute atomic E-state index is 13.7. The number of carbonyl (C=O) groups is 2. The summed E-state index contributed by atoms with van der Waals surface area (Å²) in [6.45, 7) is 3.53. The van der Waals surface area contributed by atoms with E-state index in [1.165, 1.54) is 5.56 Å². The van der Waals surface area contributed by atoms with Gasteiger partial charge in [0.15, 0.2) is 23.1 Å². The molecule has 3 aliphatic rings. The summed E-state index contributed by atoms with van der Waals surface area (Å²) in [7, 11) is 0. The van der Waals surface area contributed by atoms with Crippen molar-refractivity contribution >= 4 is 34.2 Å². The highest BCUT2D eigenvalue weighted by Crippen LogP contribution is 2.51. The molecular weight excluding hydrogens is 625 g/mol. The van der Waals surface area contributed by atoms with Gasteiger partial charge in [0.1, 0.15) is 6.61 Å². The lowest BCUT2D eigenvalue weighted by atomic mass is 9.71. The molecule has 6 rings (SSSR count). The molecule has 1 aliphatic heterocycles. The largest absolute Gasteiger partial charge is 0.490 e. The second-order valence-electron chi connectivity index (χ2n) is 10.8. The Morgan fingerprint density at radius 1 is 0.780 bits per heavy atom. The minimum Gasteiger partial charge on any atom is -0.490 e. The average Bonchev–Trinajstić information content (AvgIpc) is 2.98. The summed E-state index contributed by atoms with van der Waals surface area (Å²) in [6.07, 6.45) is 4.37. The van der Waals surface area contributed by atoms with Gasteiger partial charge in [0.25, 0.3) is 0 Å². The maximum atomic E-state index is 13.7. The molecule has 5 nitrogen and oxygen atoms in total. The van der Waals surface area contributed by atoms with Crippen LogP contribution in [-0.2, 0) is 22.7 Å². The number of ketones is 2. The minimum atomic E-state index is -0.386. The molecular formula is C35H34INO4. The van der Waals surface area contributed by atoms with Crippen LogP contribution >= 0.6 is 22.6 Å². The first-order valence-corrected chi connectivity index (χ1v) is 15.6. The first kappa shape index (κ1) is 27.8. The summed E-state index contributed by atoms with van der Waals surface area (Å²) in [4.78, 5) is 29.8. The number of benzene rings is 3. The van der Waals surface area contributed by atoms with E-state index in [4.69, 9.17) is 9.47 Å². The molecule has 0 saturated heterocycles. The Labute approximate surface area is 255 Å². The van der Waals surface area contributed by atoms with E-state index >= 15 is 0 Å². The topological polar surface area (TPSA) is 55.8 Å². The van der Waals surface area contributed by atoms with E-state index in [0.29, 0.717) is 44.1 Å². The Balaban J connectivity index is 1.46. The van der Waals surface area contributed by atoms with Crippen molar-refractivity contribution in [3.05, 3.63) is 116 Å². The predicted molar refractivity (Wildman–Crippen MR) is 168 cm³/mol. The van der Waals surface area contributed by atoms with Crippen molar-refractivity contribution in [2.75, 3.05) is 6.61 Å². The zero-order valence-corrected chi connectivity index (χ0v) is 25.5. The molecule has 210 valence electrons. The van der Waals surface area contributed by atoms with E-state index in [9.17, 15) is 9.59 Å². The molecule has 0 fully saturated rings. The van der Waals surface area contributed by atoms with Gasteiger partial charge >= 0.3 is 0 Å². The highest BCUT2D eigenvalue weighted by Gasteiger charge is 2.43. The molecule has 0 amide bonds. The van der Waals surface area contributed by atoms with Crippen molar-refractivity contribution in [2.45, 2.75) is 64.5 Å². The smallest absolute Gasteiger partial charge is 0.174 e. The van der Waals surface area contributed by atoms with E-state index in [1.54, 1.807) is 0 Å². The second-order valence-corrected chi connectivity index (χ2v) is 12.0. The van der Waals surface area contributed by atoms with Crippen LogP contribution in [0.1, 0.15) is 68.1 Å². The highest BCUT2D eigenvalue weighted by molar-refractivity contribution is 14.1. The van der Waals surface area contributed by atoms with Gasteiger partial charge in [0.2, 0.25) is 0 Å². The third kappa shape index (κ3) is 5.59. The number of hydrogen-bond donors (Lipinski definition) is 0. The Hall–Kier alpha value is -3.39. The molecule has 1 heterocycles. The van der Waals surface area contributed by atoms with E-state index in [0.717, 1.165) is 62.9 Å². The van der Waals surface area contributed by atoms with Crippen LogP contribution in [0.3, 0.4) is 0 Å². The van der Waals surface area contributed by atoms with Crippen LogP contribution in [0.4, 0.5) is 0 Å². The fourth-order valence-electron chi connectivity index (χ4n) is 6.39. The molecule has 0 radical (unpaired) electrons. The van der Waals surface area contributed by atoms with E-state index in [1.807, 2.05) is 61.5 Å². The fraction of sp³-hybridized carbons (Fsp3) is 0.314. The lowest BCUT2D eigenvalue weighted by Crippen LogP contribution is -2.38. The monoisotopic (exact) mass is 659 g/mol. The van der Waals surface area contributed by atoms with Gasteiger partial charge < -0.3 is 14.4 Å². The van der Waals surface area contributed by atoms with E-state index < -0.39 is 0 Å². The standard InChI is InChI=1S/C35H34INO4/c1-2-40-31-20-25(19-26(36)35(31)41-22-24-13-7-4-8-14-24)32-33-27(15-9-17-29(33)38)37(21-23-11-5-3-6-12-23)28-16-10-18-30(39)34(28)32/h3-8,11-14,19-20,32H,2,9-10,15-18,21-22H2,1H3. The molecule has 2 aliphatic carbocycles.